The number of hydrogen-bond acceptors (Lipinski definition) is 3. The Morgan fingerprint density at radius 1 is 1.29 bits per heavy atom. The molecule has 0 heterocycles. The van der Waals surface area contributed by atoms with Crippen LogP contribution in [0.25, 0.3) is 0 Å². The summed E-state index contributed by atoms with van der Waals surface area (Å²) in [6, 6.07) is 6.01. The van der Waals surface area contributed by atoms with E-state index in [0.29, 0.717) is 18.3 Å². The van der Waals surface area contributed by atoms with Crippen LogP contribution in [0.1, 0.15) is 19.3 Å². The largest absolute Gasteiger partial charge is 0.478 e. The molecule has 4 nitrogen and oxygen atoms in total. The summed E-state index contributed by atoms with van der Waals surface area (Å²) in [4.78, 5) is 23.8. The van der Waals surface area contributed by atoms with Gasteiger partial charge in [0.15, 0.2) is 6.29 Å². The van der Waals surface area contributed by atoms with Crippen LogP contribution in [-0.4, -0.2) is 24.4 Å². The molecule has 0 aromatic heterocycles. The molecular weight excluding hydrogens is 273 g/mol. The molecule has 1 aliphatic carbocycles. The zero-order valence-electron chi connectivity index (χ0n) is 11.7. The first-order valence-corrected chi connectivity index (χ1v) is 6.64. The molecule has 1 fully saturated rings. The number of halogens is 1. The monoisotopic (exact) mass is 289 g/mol. The van der Waals surface area contributed by atoms with Crippen molar-refractivity contribution < 1.29 is 19.1 Å². The lowest BCUT2D eigenvalue weighted by molar-refractivity contribution is -0.133. The minimum absolute atomic E-state index is 0.175. The Morgan fingerprint density at radius 2 is 1.95 bits per heavy atom. The number of hydrogen-bond donors (Lipinski definition) is 1. The third kappa shape index (κ3) is 3.37. The second kappa shape index (κ2) is 6.35. The van der Waals surface area contributed by atoms with E-state index in [1.165, 1.54) is 12.1 Å². The van der Waals surface area contributed by atoms with Gasteiger partial charge in [-0.2, -0.15) is 0 Å². The van der Waals surface area contributed by atoms with Crippen molar-refractivity contribution in [1.82, 2.24) is 0 Å². The minimum Gasteiger partial charge on any atom is -0.478 e. The highest BCUT2D eigenvalue weighted by Gasteiger charge is 2.22. The first-order valence-electron chi connectivity index (χ1n) is 6.64. The summed E-state index contributed by atoms with van der Waals surface area (Å²) < 4.78 is 12.9. The van der Waals surface area contributed by atoms with Crippen LogP contribution in [0.15, 0.2) is 47.2 Å². The number of carbonyl (C=O) groups excluding carboxylic acids is 1. The molecule has 110 valence electrons. The van der Waals surface area contributed by atoms with Crippen LogP contribution in [-0.2, 0) is 9.59 Å². The predicted octanol–water partition coefficient (Wildman–Crippen LogP) is 2.91. The summed E-state index contributed by atoms with van der Waals surface area (Å²) in [5.41, 5.74) is 2.04. The Labute approximate surface area is 122 Å². The first kappa shape index (κ1) is 15.0. The highest BCUT2D eigenvalue weighted by atomic mass is 19.1. The van der Waals surface area contributed by atoms with Gasteiger partial charge in [-0.05, 0) is 54.7 Å². The van der Waals surface area contributed by atoms with Crippen LogP contribution in [0.4, 0.5) is 10.1 Å². The lowest BCUT2D eigenvalue weighted by Crippen LogP contribution is -2.11. The maximum absolute atomic E-state index is 12.9. The van der Waals surface area contributed by atoms with Gasteiger partial charge < -0.3 is 10.0 Å². The van der Waals surface area contributed by atoms with Crippen LogP contribution >= 0.6 is 0 Å². The van der Waals surface area contributed by atoms with Gasteiger partial charge in [-0.25, -0.2) is 9.18 Å². The van der Waals surface area contributed by atoms with Crippen LogP contribution in [0.5, 0.6) is 0 Å². The number of carbonyl (C=O) groups is 2. The number of carboxylic acid groups (broad SMARTS) is 1. The number of benzene rings is 1. The van der Waals surface area contributed by atoms with Gasteiger partial charge in [0.05, 0.1) is 0 Å². The van der Waals surface area contributed by atoms with E-state index in [4.69, 9.17) is 5.11 Å². The molecule has 0 aliphatic heterocycles. The number of allylic oxidation sites excluding steroid dienone is 2. The lowest BCUT2D eigenvalue weighted by Gasteiger charge is -2.16. The number of rotatable bonds is 4. The highest BCUT2D eigenvalue weighted by molar-refractivity contribution is 6.08. The van der Waals surface area contributed by atoms with Gasteiger partial charge >= 0.3 is 5.97 Å². The van der Waals surface area contributed by atoms with Crippen LogP contribution in [0.2, 0.25) is 0 Å². The molecule has 0 spiro atoms. The number of carboxylic acids is 1. The van der Waals surface area contributed by atoms with E-state index >= 15 is 0 Å². The van der Waals surface area contributed by atoms with E-state index in [9.17, 15) is 14.0 Å². The third-order valence-corrected chi connectivity index (χ3v) is 3.52. The molecule has 1 aliphatic rings. The van der Waals surface area contributed by atoms with Gasteiger partial charge in [0.25, 0.3) is 0 Å². The fourth-order valence-electron chi connectivity index (χ4n) is 2.45. The van der Waals surface area contributed by atoms with Crippen molar-refractivity contribution in [2.24, 2.45) is 0 Å². The number of aldehydes is 1. The van der Waals surface area contributed by atoms with E-state index < -0.39 is 5.97 Å². The SMILES string of the molecule is CN(/C=C1/CCC/C1=C(/C=O)C(=O)O)c1ccc(F)cc1. The smallest absolute Gasteiger partial charge is 0.339 e. The molecule has 0 radical (unpaired) electrons. The standard InChI is InChI=1S/C16H16FNO3/c1-18(13-7-5-12(17)6-8-13)9-11-3-2-4-14(11)15(10-19)16(20)21/h5-10H,2-4H2,1H3,(H,20,21)/b11-9-,15-14+. The summed E-state index contributed by atoms with van der Waals surface area (Å²) in [6.07, 6.45) is 4.34. The molecule has 0 amide bonds. The molecule has 1 N–H and O–H groups in total. The van der Waals surface area contributed by atoms with E-state index in [1.807, 2.05) is 6.20 Å². The summed E-state index contributed by atoms with van der Waals surface area (Å²) in [5, 5.41) is 9.06. The fraction of sp³-hybridized carbons (Fsp3) is 0.250. The van der Waals surface area contributed by atoms with Crippen molar-refractivity contribution in [2.75, 3.05) is 11.9 Å². The molecule has 1 aromatic carbocycles. The van der Waals surface area contributed by atoms with Crippen molar-refractivity contribution in [3.05, 3.63) is 53.0 Å². The molecule has 0 saturated heterocycles. The van der Waals surface area contributed by atoms with Crippen LogP contribution in [0, 0.1) is 5.82 Å². The van der Waals surface area contributed by atoms with Crippen molar-refractivity contribution in [1.29, 1.82) is 0 Å². The van der Waals surface area contributed by atoms with E-state index in [0.717, 1.165) is 24.1 Å². The second-order valence-corrected chi connectivity index (χ2v) is 4.91. The summed E-state index contributed by atoms with van der Waals surface area (Å²) in [7, 11) is 1.80. The van der Waals surface area contributed by atoms with Gasteiger partial charge in [-0.15, -0.1) is 0 Å². The molecule has 0 unspecified atom stereocenters. The van der Waals surface area contributed by atoms with Gasteiger partial charge in [-0.3, -0.25) is 4.79 Å². The lowest BCUT2D eigenvalue weighted by atomic mass is 10.0. The van der Waals surface area contributed by atoms with Crippen molar-refractivity contribution >= 4 is 17.9 Å². The average Bonchev–Trinajstić information content (AvgIpc) is 2.88. The van der Waals surface area contributed by atoms with Crippen molar-refractivity contribution in [3.8, 4) is 0 Å². The zero-order valence-corrected chi connectivity index (χ0v) is 11.7. The normalized spacial score (nSPS) is 18.7. The number of aliphatic carboxylic acids is 1. The van der Waals surface area contributed by atoms with Gasteiger partial charge in [0, 0.05) is 18.9 Å². The Kier molecular flexibility index (Phi) is 4.52. The number of anilines is 1. The first-order chi connectivity index (χ1) is 10.0. The Hall–Kier alpha value is -2.43. The summed E-state index contributed by atoms with van der Waals surface area (Å²) >= 11 is 0. The summed E-state index contributed by atoms with van der Waals surface area (Å²) in [5.74, 6) is -1.51. The van der Waals surface area contributed by atoms with E-state index in [2.05, 4.69) is 0 Å². The quantitative estimate of drug-likeness (QED) is 0.401. The molecule has 2 rings (SSSR count). The number of nitrogens with zero attached hydrogens (tertiary/aromatic N) is 1. The Morgan fingerprint density at radius 3 is 2.52 bits per heavy atom. The summed E-state index contributed by atoms with van der Waals surface area (Å²) in [6.45, 7) is 0. The molecule has 21 heavy (non-hydrogen) atoms. The van der Waals surface area contributed by atoms with Crippen molar-refractivity contribution in [3.63, 3.8) is 0 Å². The van der Waals surface area contributed by atoms with Gasteiger partial charge in [0.2, 0.25) is 0 Å². The molecule has 0 bridgehead atoms. The van der Waals surface area contributed by atoms with E-state index in [-0.39, 0.29) is 11.4 Å². The Bertz CT molecular complexity index is 617. The average molecular weight is 289 g/mol. The predicted molar refractivity (Wildman–Crippen MR) is 77.5 cm³/mol. The molecule has 1 saturated carbocycles. The van der Waals surface area contributed by atoms with Crippen LogP contribution in [0.3, 0.4) is 0 Å². The molecule has 5 heteroatoms. The molecule has 0 atom stereocenters. The fourth-order valence-corrected chi connectivity index (χ4v) is 2.45. The molecular formula is C16H16FNO3. The van der Waals surface area contributed by atoms with Gasteiger partial charge in [-0.1, -0.05) is 0 Å². The maximum Gasteiger partial charge on any atom is 0.339 e. The molecule has 1 aromatic rings. The second-order valence-electron chi connectivity index (χ2n) is 4.91. The van der Waals surface area contributed by atoms with Crippen LogP contribution < -0.4 is 4.90 Å². The van der Waals surface area contributed by atoms with Gasteiger partial charge in [0.1, 0.15) is 11.4 Å². The van der Waals surface area contributed by atoms with Crippen molar-refractivity contribution in [2.45, 2.75) is 19.3 Å². The van der Waals surface area contributed by atoms with E-state index in [1.54, 1.807) is 24.1 Å². The minimum atomic E-state index is -1.20. The zero-order chi connectivity index (χ0) is 15.4. The highest BCUT2D eigenvalue weighted by Crippen LogP contribution is 2.33. The maximum atomic E-state index is 12.9. The topological polar surface area (TPSA) is 57.6 Å². The third-order valence-electron chi connectivity index (χ3n) is 3.52. The Balaban J connectivity index is 2.33.